The molecule has 2 aromatic rings. The number of sulfonamides is 1. The Morgan fingerprint density at radius 1 is 0.962 bits per heavy atom. The fourth-order valence-corrected chi connectivity index (χ4v) is 8.89. The largest absolute Gasteiger partial charge is 0.470 e. The van der Waals surface area contributed by atoms with Crippen molar-refractivity contribution in [1.82, 2.24) is 30.2 Å². The minimum Gasteiger partial charge on any atom is -0.470 e. The standard InChI is InChI=1S/C36H44F2N6O8S/c37-35(38)17-9-8-13-27-31(40-26-12-7-6-11-25(26)39-27)52-29-20-44-19-24(29)30(45)42-36(33(47)43-53(49,50)23-15-16-23)18-22(36)10-4-2-1-3-5-14-28(32(44)46)41-34(48)51-21-35/h6-7,9,11-12,17,22-24,28-29H,1-5,8,10,13-16,18-21H2,(H,41,48)(H,42,45)(H,43,47)/b17-9+/t22-,24?,28+,29+,36-/m1/s1. The minimum atomic E-state index is -3.89. The predicted molar refractivity (Wildman–Crippen MR) is 186 cm³/mol. The number of rotatable bonds is 3. The van der Waals surface area contributed by atoms with Crippen molar-refractivity contribution in [2.45, 2.75) is 106 Å². The zero-order valence-corrected chi connectivity index (χ0v) is 30.0. The van der Waals surface area contributed by atoms with Gasteiger partial charge in [-0.2, -0.15) is 8.78 Å². The molecule has 4 amide bonds. The van der Waals surface area contributed by atoms with E-state index in [2.05, 4.69) is 20.3 Å². The van der Waals surface area contributed by atoms with Gasteiger partial charge in [-0.15, -0.1) is 0 Å². The van der Waals surface area contributed by atoms with Gasteiger partial charge in [0.15, 0.2) is 6.61 Å². The van der Waals surface area contributed by atoms with Gasteiger partial charge in [-0.1, -0.05) is 50.3 Å². The fourth-order valence-electron chi connectivity index (χ4n) is 7.52. The summed E-state index contributed by atoms with van der Waals surface area (Å²) in [5, 5.41) is 4.75. The SMILES string of the molecule is O=C1N[C@H]2CCCCCCC[C@@H]3C[C@@]3(C(=O)NS(=O)(=O)C3CC3)NC(=O)C3CN(C[C@@H]3Oc3nc4ccccc4nc3CC/C=C/C(F)(F)CO1)C2=O. The molecule has 5 atom stereocenters. The van der Waals surface area contributed by atoms with Crippen LogP contribution in [0.1, 0.15) is 76.3 Å². The van der Waals surface area contributed by atoms with Gasteiger partial charge in [0, 0.05) is 6.54 Å². The first-order chi connectivity index (χ1) is 25.3. The van der Waals surface area contributed by atoms with Crippen LogP contribution in [0.4, 0.5) is 13.6 Å². The topological polar surface area (TPSA) is 186 Å². The normalized spacial score (nSPS) is 30.5. The predicted octanol–water partition coefficient (Wildman–Crippen LogP) is 3.30. The van der Waals surface area contributed by atoms with Crippen LogP contribution in [0.15, 0.2) is 36.4 Å². The van der Waals surface area contributed by atoms with Crippen molar-refractivity contribution in [2.24, 2.45) is 11.8 Å². The molecule has 53 heavy (non-hydrogen) atoms. The molecular weight excluding hydrogens is 714 g/mol. The molecular formula is C36H44F2N6O8S. The molecule has 7 rings (SSSR count). The van der Waals surface area contributed by atoms with Gasteiger partial charge in [0.1, 0.15) is 23.4 Å². The van der Waals surface area contributed by atoms with Crippen molar-refractivity contribution in [1.29, 1.82) is 0 Å². The van der Waals surface area contributed by atoms with Crippen LogP contribution < -0.4 is 20.1 Å². The Kier molecular flexibility index (Phi) is 10.3. The van der Waals surface area contributed by atoms with Crippen LogP contribution in [0.25, 0.3) is 11.0 Å². The Balaban J connectivity index is 1.24. The van der Waals surface area contributed by atoms with E-state index in [0.717, 1.165) is 19.3 Å². The van der Waals surface area contributed by atoms with E-state index in [0.29, 0.717) is 54.9 Å². The molecule has 286 valence electrons. The van der Waals surface area contributed by atoms with Gasteiger partial charge >= 0.3 is 6.09 Å². The van der Waals surface area contributed by atoms with Crippen molar-refractivity contribution in [3.63, 3.8) is 0 Å². The maximum Gasteiger partial charge on any atom is 0.408 e. The lowest BCUT2D eigenvalue weighted by Gasteiger charge is -2.25. The average molecular weight is 759 g/mol. The number of fused-ring (bicyclic) bond motifs is 7. The number of carbonyl (C=O) groups excluding carboxylic acids is 4. The summed E-state index contributed by atoms with van der Waals surface area (Å²) in [6.07, 6.45) is 5.55. The number of allylic oxidation sites excluding steroid dienone is 1. The number of hydrogen-bond donors (Lipinski definition) is 3. The number of halogens is 2. The highest BCUT2D eigenvalue weighted by Crippen LogP contribution is 2.48. The van der Waals surface area contributed by atoms with Gasteiger partial charge in [-0.3, -0.25) is 19.1 Å². The molecule has 2 saturated heterocycles. The van der Waals surface area contributed by atoms with Gasteiger partial charge in [-0.05, 0) is 69.1 Å². The van der Waals surface area contributed by atoms with Gasteiger partial charge in [0.05, 0.1) is 28.7 Å². The van der Waals surface area contributed by atoms with E-state index in [9.17, 15) is 36.4 Å². The molecule has 14 nitrogen and oxygen atoms in total. The summed E-state index contributed by atoms with van der Waals surface area (Å²) in [6, 6.07) is 5.90. The van der Waals surface area contributed by atoms with Crippen molar-refractivity contribution < 1.29 is 45.9 Å². The summed E-state index contributed by atoms with van der Waals surface area (Å²) >= 11 is 0. The molecule has 1 unspecified atom stereocenters. The minimum absolute atomic E-state index is 0.0663. The summed E-state index contributed by atoms with van der Waals surface area (Å²) in [6.45, 7) is -1.50. The van der Waals surface area contributed by atoms with Gasteiger partial charge in [0.25, 0.3) is 11.8 Å². The number of carbonyl (C=O) groups is 4. The van der Waals surface area contributed by atoms with Crippen LogP contribution in [-0.4, -0.2) is 95.7 Å². The summed E-state index contributed by atoms with van der Waals surface area (Å²) in [5.41, 5.74) is -0.0654. The number of alkyl carbamates (subject to hydrolysis) is 1. The number of alkyl halides is 2. The van der Waals surface area contributed by atoms with Gasteiger partial charge in [-0.25, -0.2) is 23.2 Å². The van der Waals surface area contributed by atoms with Crippen molar-refractivity contribution in [3.05, 3.63) is 42.1 Å². The first kappa shape index (κ1) is 36.9. The molecule has 17 heteroatoms. The van der Waals surface area contributed by atoms with E-state index >= 15 is 0 Å². The Labute approximate surface area is 305 Å². The van der Waals surface area contributed by atoms with E-state index in [4.69, 9.17) is 14.5 Å². The van der Waals surface area contributed by atoms with Crippen LogP contribution in [0.2, 0.25) is 0 Å². The molecule has 5 aliphatic rings. The average Bonchev–Trinajstić information content (AvgIpc) is 4.04. The van der Waals surface area contributed by atoms with E-state index < -0.39 is 75.2 Å². The van der Waals surface area contributed by atoms with E-state index in [-0.39, 0.29) is 50.6 Å². The van der Waals surface area contributed by atoms with E-state index in [1.54, 1.807) is 24.3 Å². The molecule has 1 aromatic carbocycles. The van der Waals surface area contributed by atoms with Gasteiger partial charge < -0.3 is 25.0 Å². The number of cyclic esters (lactones) is 1. The number of ether oxygens (including phenoxy) is 2. The maximum atomic E-state index is 14.7. The smallest absolute Gasteiger partial charge is 0.408 e. The summed E-state index contributed by atoms with van der Waals surface area (Å²) < 4.78 is 68.6. The lowest BCUT2D eigenvalue weighted by Crippen LogP contribution is -2.55. The molecule has 4 heterocycles. The molecule has 2 aliphatic carbocycles. The number of nitrogens with zero attached hydrogens (tertiary/aromatic N) is 3. The Bertz CT molecular complexity index is 1910. The zero-order valence-electron chi connectivity index (χ0n) is 29.2. The quantitative estimate of drug-likeness (QED) is 0.393. The molecule has 4 bridgehead atoms. The second kappa shape index (κ2) is 14.8. The van der Waals surface area contributed by atoms with Crippen LogP contribution in [-0.2, 0) is 35.6 Å². The number of aryl methyl sites for hydroxylation is 1. The lowest BCUT2D eigenvalue weighted by atomic mass is 10.0. The third-order valence-corrected chi connectivity index (χ3v) is 12.6. The zero-order chi connectivity index (χ0) is 37.4. The molecule has 2 saturated carbocycles. The Morgan fingerprint density at radius 2 is 1.68 bits per heavy atom. The van der Waals surface area contributed by atoms with Crippen LogP contribution >= 0.6 is 0 Å². The Morgan fingerprint density at radius 3 is 2.43 bits per heavy atom. The molecule has 3 aliphatic heterocycles. The molecule has 0 spiro atoms. The molecule has 1 aromatic heterocycles. The number of benzene rings is 1. The first-order valence-corrected chi connectivity index (χ1v) is 20.0. The number of amides is 4. The molecule has 0 radical (unpaired) electrons. The van der Waals surface area contributed by atoms with Crippen molar-refractivity contribution in [2.75, 3.05) is 19.7 Å². The fraction of sp³-hybridized carbons (Fsp3) is 0.611. The summed E-state index contributed by atoms with van der Waals surface area (Å²) in [7, 11) is -3.89. The van der Waals surface area contributed by atoms with Crippen molar-refractivity contribution >= 4 is 44.9 Å². The second-order valence-electron chi connectivity index (χ2n) is 14.8. The third kappa shape index (κ3) is 8.39. The summed E-state index contributed by atoms with van der Waals surface area (Å²) in [4.78, 5) is 65.7. The molecule has 4 fully saturated rings. The highest BCUT2D eigenvalue weighted by Gasteiger charge is 2.62. The Hall–Kier alpha value is -4.41. The number of nitrogens with one attached hydrogen (secondary N) is 3. The highest BCUT2D eigenvalue weighted by atomic mass is 32.2. The second-order valence-corrected chi connectivity index (χ2v) is 16.8. The van der Waals surface area contributed by atoms with Crippen LogP contribution in [0, 0.1) is 11.8 Å². The lowest BCUT2D eigenvalue weighted by molar-refractivity contribution is -0.134. The van der Waals surface area contributed by atoms with Crippen LogP contribution in [0.5, 0.6) is 5.88 Å². The van der Waals surface area contributed by atoms with Gasteiger partial charge in [0.2, 0.25) is 27.7 Å². The molecule has 3 N–H and O–H groups in total. The number of para-hydroxylation sites is 2. The van der Waals surface area contributed by atoms with E-state index in [1.807, 2.05) is 0 Å². The van der Waals surface area contributed by atoms with Crippen molar-refractivity contribution in [3.8, 4) is 5.88 Å². The van der Waals surface area contributed by atoms with E-state index in [1.165, 1.54) is 11.0 Å². The van der Waals surface area contributed by atoms with Crippen LogP contribution in [0.3, 0.4) is 0 Å². The number of aromatic nitrogens is 2. The monoisotopic (exact) mass is 758 g/mol. The highest BCUT2D eigenvalue weighted by molar-refractivity contribution is 7.91. The third-order valence-electron chi connectivity index (χ3n) is 10.8. The maximum absolute atomic E-state index is 14.7. The summed E-state index contributed by atoms with van der Waals surface area (Å²) in [5.74, 6) is -6.63. The first-order valence-electron chi connectivity index (χ1n) is 18.4. The number of hydrogen-bond acceptors (Lipinski definition) is 10.